The first-order valence-corrected chi connectivity index (χ1v) is 12.2. The lowest BCUT2D eigenvalue weighted by Crippen LogP contribution is -2.45. The SMILES string of the molecule is Cc1c(O)[nH]c(O)c1C(=O)[C@@H](NC(=O)C[C@H](NC(=O)c1cc2cc(O)ccc2[nH]1)c1ccccc1)C(C)C. The maximum Gasteiger partial charge on any atom is 0.268 e. The van der Waals surface area contributed by atoms with Gasteiger partial charge in [0.15, 0.2) is 11.7 Å². The summed E-state index contributed by atoms with van der Waals surface area (Å²) in [5.41, 5.74) is 1.74. The molecule has 2 amide bonds. The summed E-state index contributed by atoms with van der Waals surface area (Å²) in [6.07, 6.45) is -0.156. The van der Waals surface area contributed by atoms with Crippen molar-refractivity contribution in [2.24, 2.45) is 5.92 Å². The minimum atomic E-state index is -0.976. The second-order valence-corrected chi connectivity index (χ2v) is 9.57. The molecule has 0 radical (unpaired) electrons. The Morgan fingerprint density at radius 3 is 2.24 bits per heavy atom. The first-order chi connectivity index (χ1) is 18.0. The molecule has 0 aliphatic heterocycles. The van der Waals surface area contributed by atoms with Gasteiger partial charge in [0, 0.05) is 16.5 Å². The number of phenolic OH excluding ortho intramolecular Hbond substituents is 1. The zero-order chi connectivity index (χ0) is 27.6. The number of hydrogen-bond acceptors (Lipinski definition) is 6. The summed E-state index contributed by atoms with van der Waals surface area (Å²) in [6.45, 7) is 5.00. The standard InChI is InChI=1S/C28H30N4O6/c1-14(2)24(25(35)23-15(3)26(36)32-28(23)38)31-22(34)13-20(16-7-5-4-6-8-16)30-27(37)21-12-17-11-18(33)9-10-19(17)29-21/h4-12,14,20,24,29,32-33,36,38H,13H2,1-3H3,(H,30,37)(H,31,34)/t20-,24-/m0/s1. The minimum absolute atomic E-state index is 0.0786. The number of aromatic hydroxyl groups is 3. The number of nitrogens with one attached hydrogen (secondary N) is 4. The number of Topliss-reactive ketones (excluding diaryl/α,β-unsaturated/α-hetero) is 1. The molecule has 0 aliphatic rings. The zero-order valence-corrected chi connectivity index (χ0v) is 21.2. The highest BCUT2D eigenvalue weighted by Gasteiger charge is 2.31. The molecule has 0 fully saturated rings. The molecule has 7 N–H and O–H groups in total. The van der Waals surface area contributed by atoms with Gasteiger partial charge in [-0.3, -0.25) is 19.4 Å². The van der Waals surface area contributed by atoms with Crippen molar-refractivity contribution in [1.82, 2.24) is 20.6 Å². The van der Waals surface area contributed by atoms with E-state index in [0.717, 1.165) is 0 Å². The smallest absolute Gasteiger partial charge is 0.268 e. The number of H-pyrrole nitrogens is 2. The van der Waals surface area contributed by atoms with Crippen LogP contribution in [0.4, 0.5) is 0 Å². The number of hydrogen-bond donors (Lipinski definition) is 7. The van der Waals surface area contributed by atoms with E-state index in [-0.39, 0.29) is 40.8 Å². The van der Waals surface area contributed by atoms with Crippen LogP contribution in [0.2, 0.25) is 0 Å². The second kappa shape index (κ2) is 10.7. The fourth-order valence-electron chi connectivity index (χ4n) is 4.39. The van der Waals surface area contributed by atoms with Crippen LogP contribution in [0.25, 0.3) is 10.9 Å². The van der Waals surface area contributed by atoms with Gasteiger partial charge in [-0.05, 0) is 42.7 Å². The van der Waals surface area contributed by atoms with Crippen LogP contribution in [0.3, 0.4) is 0 Å². The van der Waals surface area contributed by atoms with Gasteiger partial charge in [-0.15, -0.1) is 0 Å². The molecule has 0 saturated carbocycles. The molecular weight excluding hydrogens is 488 g/mol. The van der Waals surface area contributed by atoms with Crippen molar-refractivity contribution in [3.05, 3.63) is 77.0 Å². The molecule has 2 aromatic heterocycles. The lowest BCUT2D eigenvalue weighted by molar-refractivity contribution is -0.122. The molecule has 0 bridgehead atoms. The Morgan fingerprint density at radius 2 is 1.61 bits per heavy atom. The van der Waals surface area contributed by atoms with Crippen LogP contribution in [0.15, 0.2) is 54.6 Å². The van der Waals surface area contributed by atoms with Crippen molar-refractivity contribution in [2.45, 2.75) is 39.3 Å². The monoisotopic (exact) mass is 518 g/mol. The Hall–Kier alpha value is -4.73. The Kier molecular flexibility index (Phi) is 7.43. The molecule has 0 unspecified atom stereocenters. The molecule has 0 saturated heterocycles. The number of aromatic nitrogens is 2. The molecule has 2 aromatic carbocycles. The second-order valence-electron chi connectivity index (χ2n) is 9.57. The number of aromatic amines is 2. The molecule has 4 aromatic rings. The van der Waals surface area contributed by atoms with E-state index in [4.69, 9.17) is 0 Å². The van der Waals surface area contributed by atoms with Gasteiger partial charge in [-0.25, -0.2) is 0 Å². The maximum atomic E-state index is 13.2. The van der Waals surface area contributed by atoms with Gasteiger partial charge >= 0.3 is 0 Å². The number of phenols is 1. The zero-order valence-electron chi connectivity index (χ0n) is 21.2. The van der Waals surface area contributed by atoms with Crippen LogP contribution in [-0.4, -0.2) is 48.9 Å². The van der Waals surface area contributed by atoms with Crippen LogP contribution in [0.1, 0.15) is 58.3 Å². The fourth-order valence-corrected chi connectivity index (χ4v) is 4.39. The van der Waals surface area contributed by atoms with E-state index in [1.165, 1.54) is 19.1 Å². The Bertz CT molecular complexity index is 1490. The van der Waals surface area contributed by atoms with Crippen LogP contribution < -0.4 is 10.6 Å². The van der Waals surface area contributed by atoms with Crippen molar-refractivity contribution in [3.63, 3.8) is 0 Å². The van der Waals surface area contributed by atoms with E-state index in [1.54, 1.807) is 50.2 Å². The Labute approximate surface area is 218 Å². The van der Waals surface area contributed by atoms with Gasteiger partial charge < -0.3 is 30.9 Å². The molecule has 10 nitrogen and oxygen atoms in total. The molecular formula is C28H30N4O6. The predicted molar refractivity (Wildman–Crippen MR) is 141 cm³/mol. The molecule has 2 atom stereocenters. The summed E-state index contributed by atoms with van der Waals surface area (Å²) >= 11 is 0. The van der Waals surface area contributed by atoms with E-state index in [2.05, 4.69) is 20.6 Å². The third kappa shape index (κ3) is 5.49. The summed E-state index contributed by atoms with van der Waals surface area (Å²) in [5, 5.41) is 35.9. The van der Waals surface area contributed by atoms with Crippen LogP contribution in [0.5, 0.6) is 17.5 Å². The number of amides is 2. The lowest BCUT2D eigenvalue weighted by atomic mass is 9.93. The molecule has 198 valence electrons. The maximum absolute atomic E-state index is 13.2. The number of carbonyl (C=O) groups is 3. The van der Waals surface area contributed by atoms with Gasteiger partial charge in [0.25, 0.3) is 5.91 Å². The lowest BCUT2D eigenvalue weighted by Gasteiger charge is -2.24. The molecule has 38 heavy (non-hydrogen) atoms. The topological polar surface area (TPSA) is 168 Å². The van der Waals surface area contributed by atoms with E-state index in [9.17, 15) is 29.7 Å². The Balaban J connectivity index is 1.54. The molecule has 0 aliphatic carbocycles. The average Bonchev–Trinajstić information content (AvgIpc) is 3.41. The van der Waals surface area contributed by atoms with Crippen LogP contribution in [0, 0.1) is 12.8 Å². The summed E-state index contributed by atoms with van der Waals surface area (Å²) in [6, 6.07) is 13.6. The highest BCUT2D eigenvalue weighted by molar-refractivity contribution is 6.05. The highest BCUT2D eigenvalue weighted by atomic mass is 16.3. The first kappa shape index (κ1) is 26.3. The number of carbonyl (C=O) groups excluding carboxylic acids is 3. The average molecular weight is 519 g/mol. The first-order valence-electron chi connectivity index (χ1n) is 12.2. The molecule has 10 heteroatoms. The van der Waals surface area contributed by atoms with E-state index >= 15 is 0 Å². The predicted octanol–water partition coefficient (Wildman–Crippen LogP) is 3.81. The van der Waals surface area contributed by atoms with Crippen molar-refractivity contribution < 1.29 is 29.7 Å². The third-order valence-electron chi connectivity index (χ3n) is 6.46. The number of rotatable bonds is 9. The summed E-state index contributed by atoms with van der Waals surface area (Å²) < 4.78 is 0. The third-order valence-corrected chi connectivity index (χ3v) is 6.46. The number of ketones is 1. The van der Waals surface area contributed by atoms with Crippen molar-refractivity contribution in [3.8, 4) is 17.5 Å². The van der Waals surface area contributed by atoms with Gasteiger partial charge in [0.2, 0.25) is 11.8 Å². The van der Waals surface area contributed by atoms with E-state index in [0.29, 0.717) is 16.5 Å². The quantitative estimate of drug-likeness (QED) is 0.166. The minimum Gasteiger partial charge on any atom is -0.508 e. The highest BCUT2D eigenvalue weighted by Crippen LogP contribution is 2.30. The van der Waals surface area contributed by atoms with Crippen molar-refractivity contribution in [1.29, 1.82) is 0 Å². The largest absolute Gasteiger partial charge is 0.508 e. The fraction of sp³-hybridized carbons (Fsp3) is 0.250. The van der Waals surface area contributed by atoms with Gasteiger partial charge in [-0.2, -0.15) is 0 Å². The van der Waals surface area contributed by atoms with E-state index in [1.807, 2.05) is 6.07 Å². The van der Waals surface area contributed by atoms with Crippen molar-refractivity contribution in [2.75, 3.05) is 0 Å². The molecule has 0 spiro atoms. The molecule has 4 rings (SSSR count). The number of benzene rings is 2. The normalized spacial score (nSPS) is 12.8. The van der Waals surface area contributed by atoms with Crippen molar-refractivity contribution >= 4 is 28.5 Å². The van der Waals surface area contributed by atoms with Crippen LogP contribution in [-0.2, 0) is 4.79 Å². The Morgan fingerprint density at radius 1 is 0.895 bits per heavy atom. The summed E-state index contributed by atoms with van der Waals surface area (Å²) in [5.74, 6) is -2.50. The van der Waals surface area contributed by atoms with Gasteiger partial charge in [0.05, 0.1) is 24.1 Å². The van der Waals surface area contributed by atoms with Crippen LogP contribution >= 0.6 is 0 Å². The summed E-state index contributed by atoms with van der Waals surface area (Å²) in [7, 11) is 0. The van der Waals surface area contributed by atoms with Gasteiger partial charge in [-0.1, -0.05) is 44.2 Å². The van der Waals surface area contributed by atoms with E-state index < -0.39 is 35.6 Å². The number of fused-ring (bicyclic) bond motifs is 1. The summed E-state index contributed by atoms with van der Waals surface area (Å²) in [4.78, 5) is 44.8. The van der Waals surface area contributed by atoms with Gasteiger partial charge in [0.1, 0.15) is 11.4 Å². The molecule has 2 heterocycles.